The first kappa shape index (κ1) is 15.4. The Labute approximate surface area is 117 Å². The van der Waals surface area contributed by atoms with Crippen LogP contribution >= 0.6 is 11.8 Å². The van der Waals surface area contributed by atoms with E-state index in [4.69, 9.17) is 5.26 Å². The van der Waals surface area contributed by atoms with Gasteiger partial charge in [0.2, 0.25) is 5.91 Å². The number of hydrogen-bond donors (Lipinski definition) is 1. The highest BCUT2D eigenvalue weighted by atomic mass is 32.2. The van der Waals surface area contributed by atoms with Gasteiger partial charge in [0.1, 0.15) is 6.04 Å². The Kier molecular flexibility index (Phi) is 5.77. The minimum atomic E-state index is -0.454. The summed E-state index contributed by atoms with van der Waals surface area (Å²) in [5.41, 5.74) is 2.84. The molecule has 1 rings (SSSR count). The summed E-state index contributed by atoms with van der Waals surface area (Å²) in [4.78, 5) is 20.4. The molecule has 5 nitrogen and oxygen atoms in total. The number of nitrogens with zero attached hydrogens (tertiary/aromatic N) is 3. The van der Waals surface area contributed by atoms with Crippen molar-refractivity contribution < 1.29 is 4.79 Å². The van der Waals surface area contributed by atoms with E-state index >= 15 is 0 Å². The molecule has 0 aliphatic carbocycles. The van der Waals surface area contributed by atoms with E-state index in [9.17, 15) is 4.79 Å². The molecule has 0 spiro atoms. The molecule has 0 aliphatic rings. The summed E-state index contributed by atoms with van der Waals surface area (Å²) in [5.74, 6) is -0.123. The maximum Gasteiger partial charge on any atom is 0.221 e. The normalized spacial score (nSPS) is 11.7. The first-order valence-electron chi connectivity index (χ1n) is 6.05. The number of carbonyl (C=O) groups excluding carboxylic acids is 1. The van der Waals surface area contributed by atoms with Crippen LogP contribution in [-0.2, 0) is 11.2 Å². The molecule has 1 N–H and O–H groups in total. The monoisotopic (exact) mass is 278 g/mol. The van der Waals surface area contributed by atoms with Crippen molar-refractivity contribution in [1.82, 2.24) is 15.3 Å². The third kappa shape index (κ3) is 4.52. The molecule has 1 aromatic heterocycles. The number of hydrogen-bond acceptors (Lipinski definition) is 5. The van der Waals surface area contributed by atoms with E-state index in [-0.39, 0.29) is 5.91 Å². The summed E-state index contributed by atoms with van der Waals surface area (Å²) in [7, 11) is 0. The molecule has 0 unspecified atom stereocenters. The van der Waals surface area contributed by atoms with Gasteiger partial charge in [0, 0.05) is 17.8 Å². The first-order valence-corrected chi connectivity index (χ1v) is 7.27. The van der Waals surface area contributed by atoms with Crippen molar-refractivity contribution in [2.75, 3.05) is 6.26 Å². The van der Waals surface area contributed by atoms with Gasteiger partial charge in [-0.2, -0.15) is 5.26 Å². The predicted molar refractivity (Wildman–Crippen MR) is 74.8 cm³/mol. The molecule has 6 heteroatoms. The third-order valence-electron chi connectivity index (χ3n) is 2.76. The Bertz CT molecular complexity index is 487. The van der Waals surface area contributed by atoms with Gasteiger partial charge in [-0.15, -0.1) is 0 Å². The van der Waals surface area contributed by atoms with Crippen molar-refractivity contribution in [3.05, 3.63) is 17.0 Å². The molecule has 1 heterocycles. The zero-order valence-electron chi connectivity index (χ0n) is 11.6. The molecule has 19 heavy (non-hydrogen) atoms. The molecule has 0 saturated heterocycles. The van der Waals surface area contributed by atoms with E-state index in [1.807, 2.05) is 26.2 Å². The fraction of sp³-hybridized carbons (Fsp3) is 0.538. The van der Waals surface area contributed by atoms with Crippen molar-refractivity contribution in [1.29, 1.82) is 5.26 Å². The highest BCUT2D eigenvalue weighted by Crippen LogP contribution is 2.16. The van der Waals surface area contributed by atoms with Crippen LogP contribution in [0.1, 0.15) is 30.3 Å². The van der Waals surface area contributed by atoms with E-state index in [0.29, 0.717) is 12.8 Å². The van der Waals surface area contributed by atoms with E-state index in [2.05, 4.69) is 15.3 Å². The number of amides is 1. The predicted octanol–water partition coefficient (Wildman–Crippen LogP) is 1.78. The lowest BCUT2D eigenvalue weighted by atomic mass is 10.1. The molecule has 0 bridgehead atoms. The smallest absolute Gasteiger partial charge is 0.221 e. The molecule has 1 amide bonds. The summed E-state index contributed by atoms with van der Waals surface area (Å²) in [6, 6.07) is 1.52. The second kappa shape index (κ2) is 7.10. The van der Waals surface area contributed by atoms with Crippen molar-refractivity contribution in [2.24, 2.45) is 0 Å². The van der Waals surface area contributed by atoms with E-state index in [0.717, 1.165) is 22.1 Å². The summed E-state index contributed by atoms with van der Waals surface area (Å²) in [6.45, 7) is 5.52. The van der Waals surface area contributed by atoms with Gasteiger partial charge < -0.3 is 5.32 Å². The van der Waals surface area contributed by atoms with Gasteiger partial charge in [0.05, 0.1) is 6.07 Å². The van der Waals surface area contributed by atoms with Crippen LogP contribution in [0.4, 0.5) is 0 Å². The van der Waals surface area contributed by atoms with E-state index in [1.54, 1.807) is 6.92 Å². The van der Waals surface area contributed by atoms with Gasteiger partial charge in [-0.25, -0.2) is 9.97 Å². The zero-order chi connectivity index (χ0) is 14.4. The van der Waals surface area contributed by atoms with Gasteiger partial charge in [-0.3, -0.25) is 4.79 Å². The van der Waals surface area contributed by atoms with Crippen LogP contribution in [0.5, 0.6) is 0 Å². The second-order valence-electron chi connectivity index (χ2n) is 4.28. The fourth-order valence-electron chi connectivity index (χ4n) is 1.75. The summed E-state index contributed by atoms with van der Waals surface area (Å²) in [5, 5.41) is 12.0. The summed E-state index contributed by atoms with van der Waals surface area (Å²) < 4.78 is 0. The third-order valence-corrected chi connectivity index (χ3v) is 3.30. The molecule has 1 atom stereocenters. The SMILES string of the molecule is CSc1nc(C)c(CCC(=O)N[C@@H](C)C#N)c(C)n1. The van der Waals surface area contributed by atoms with Crippen LogP contribution in [0.25, 0.3) is 0 Å². The van der Waals surface area contributed by atoms with Crippen LogP contribution in [-0.4, -0.2) is 28.2 Å². The molecule has 0 saturated carbocycles. The fourth-order valence-corrected chi connectivity index (χ4v) is 2.20. The highest BCUT2D eigenvalue weighted by molar-refractivity contribution is 7.98. The van der Waals surface area contributed by atoms with Crippen molar-refractivity contribution in [3.63, 3.8) is 0 Å². The van der Waals surface area contributed by atoms with E-state index in [1.165, 1.54) is 11.8 Å². The summed E-state index contributed by atoms with van der Waals surface area (Å²) >= 11 is 1.50. The van der Waals surface area contributed by atoms with Gasteiger partial charge in [-0.05, 0) is 39.0 Å². The van der Waals surface area contributed by atoms with Crippen LogP contribution in [0.3, 0.4) is 0 Å². The topological polar surface area (TPSA) is 78.7 Å². The Morgan fingerprint density at radius 3 is 2.47 bits per heavy atom. The van der Waals surface area contributed by atoms with Gasteiger partial charge in [-0.1, -0.05) is 11.8 Å². The minimum absolute atomic E-state index is 0.123. The molecular weight excluding hydrogens is 260 g/mol. The highest BCUT2D eigenvalue weighted by Gasteiger charge is 2.11. The van der Waals surface area contributed by atoms with Crippen LogP contribution in [0.2, 0.25) is 0 Å². The minimum Gasteiger partial charge on any atom is -0.341 e. The lowest BCUT2D eigenvalue weighted by molar-refractivity contribution is -0.121. The van der Waals surface area contributed by atoms with Gasteiger partial charge in [0.15, 0.2) is 5.16 Å². The number of nitrogens with one attached hydrogen (secondary N) is 1. The second-order valence-corrected chi connectivity index (χ2v) is 5.05. The largest absolute Gasteiger partial charge is 0.341 e. The Morgan fingerprint density at radius 1 is 1.42 bits per heavy atom. The maximum atomic E-state index is 11.6. The van der Waals surface area contributed by atoms with Crippen molar-refractivity contribution >= 4 is 17.7 Å². The number of carbonyl (C=O) groups is 1. The number of aromatic nitrogens is 2. The first-order chi connectivity index (χ1) is 8.97. The standard InChI is InChI=1S/C13H18N4OS/c1-8(7-14)15-12(18)6-5-11-9(2)16-13(19-4)17-10(11)3/h8H,5-6H2,1-4H3,(H,15,18)/t8-/m0/s1. The van der Waals surface area contributed by atoms with Crippen molar-refractivity contribution in [2.45, 2.75) is 44.8 Å². The van der Waals surface area contributed by atoms with Crippen LogP contribution in [0, 0.1) is 25.2 Å². The summed E-state index contributed by atoms with van der Waals surface area (Å²) in [6.07, 6.45) is 2.87. The average molecular weight is 278 g/mol. The lowest BCUT2D eigenvalue weighted by Gasteiger charge is -2.10. The molecule has 0 aliphatic heterocycles. The average Bonchev–Trinajstić information content (AvgIpc) is 2.37. The molecule has 0 radical (unpaired) electrons. The van der Waals surface area contributed by atoms with Gasteiger partial charge in [0.25, 0.3) is 0 Å². The van der Waals surface area contributed by atoms with Crippen LogP contribution in [0.15, 0.2) is 5.16 Å². The Balaban J connectivity index is 2.68. The molecule has 0 fully saturated rings. The number of nitriles is 1. The number of rotatable bonds is 5. The van der Waals surface area contributed by atoms with Crippen molar-refractivity contribution in [3.8, 4) is 6.07 Å². The molecular formula is C13H18N4OS. The van der Waals surface area contributed by atoms with Crippen LogP contribution < -0.4 is 5.32 Å². The lowest BCUT2D eigenvalue weighted by Crippen LogP contribution is -2.31. The quantitative estimate of drug-likeness (QED) is 0.656. The van der Waals surface area contributed by atoms with Gasteiger partial charge >= 0.3 is 0 Å². The number of thioether (sulfide) groups is 1. The molecule has 102 valence electrons. The van der Waals surface area contributed by atoms with E-state index < -0.39 is 6.04 Å². The molecule has 1 aromatic rings. The Morgan fingerprint density at radius 2 is 2.00 bits per heavy atom. The number of aryl methyl sites for hydroxylation is 2. The Hall–Kier alpha value is -1.61. The maximum absolute atomic E-state index is 11.6. The zero-order valence-corrected chi connectivity index (χ0v) is 12.5. The molecule has 0 aromatic carbocycles.